The van der Waals surface area contributed by atoms with Crippen molar-refractivity contribution in [2.24, 2.45) is 11.1 Å². The highest BCUT2D eigenvalue weighted by atomic mass is 16.5. The highest BCUT2D eigenvalue weighted by molar-refractivity contribution is 5.64. The lowest BCUT2D eigenvalue weighted by molar-refractivity contribution is 0.157. The Bertz CT molecular complexity index is 233. The van der Waals surface area contributed by atoms with E-state index in [1.807, 2.05) is 13.8 Å². The predicted octanol–water partition coefficient (Wildman–Crippen LogP) is 1.00. The molecule has 0 aromatic rings. The number of nitrogens with two attached hydrogens (primary N) is 1. The largest absolute Gasteiger partial charge is 0.448 e. The highest BCUT2D eigenvalue weighted by Gasteiger charge is 2.14. The Morgan fingerprint density at radius 2 is 2.20 bits per heavy atom. The molecule has 0 bridgehead atoms. The van der Waals surface area contributed by atoms with Gasteiger partial charge in [0.05, 0.1) is 11.5 Å². The van der Waals surface area contributed by atoms with E-state index in [2.05, 4.69) is 16.1 Å². The van der Waals surface area contributed by atoms with E-state index >= 15 is 0 Å². The standard InChI is InChI=1S/C10H19N3O2/c1-10(2,8-11)4-3-5-13-6-7-15-9(12)14/h13H,3-7H2,1-2H3,(H2,12,14). The lowest BCUT2D eigenvalue weighted by Gasteiger charge is -2.14. The topological polar surface area (TPSA) is 88.1 Å². The Morgan fingerprint density at radius 1 is 1.53 bits per heavy atom. The summed E-state index contributed by atoms with van der Waals surface area (Å²) < 4.78 is 4.53. The third kappa shape index (κ3) is 9.03. The van der Waals surface area contributed by atoms with Gasteiger partial charge in [-0.1, -0.05) is 0 Å². The molecule has 0 fully saturated rings. The van der Waals surface area contributed by atoms with Gasteiger partial charge < -0.3 is 15.8 Å². The molecule has 0 heterocycles. The second-order valence-electron chi connectivity index (χ2n) is 4.02. The number of nitrogens with one attached hydrogen (secondary N) is 1. The van der Waals surface area contributed by atoms with E-state index in [0.717, 1.165) is 19.4 Å². The molecule has 86 valence electrons. The lowest BCUT2D eigenvalue weighted by atomic mass is 9.90. The number of carbonyl (C=O) groups is 1. The molecule has 0 aromatic heterocycles. The fourth-order valence-corrected chi connectivity index (χ4v) is 1.06. The van der Waals surface area contributed by atoms with E-state index in [1.54, 1.807) is 0 Å². The smallest absolute Gasteiger partial charge is 0.404 e. The molecule has 0 radical (unpaired) electrons. The van der Waals surface area contributed by atoms with Crippen molar-refractivity contribution in [3.63, 3.8) is 0 Å². The summed E-state index contributed by atoms with van der Waals surface area (Å²) in [5.41, 5.74) is 4.52. The first-order valence-electron chi connectivity index (χ1n) is 5.02. The van der Waals surface area contributed by atoms with Crippen LogP contribution in [0.2, 0.25) is 0 Å². The second-order valence-corrected chi connectivity index (χ2v) is 4.02. The van der Waals surface area contributed by atoms with Crippen molar-refractivity contribution < 1.29 is 9.53 Å². The maximum absolute atomic E-state index is 10.2. The van der Waals surface area contributed by atoms with Crippen LogP contribution in [0.1, 0.15) is 26.7 Å². The van der Waals surface area contributed by atoms with Crippen LogP contribution in [0.5, 0.6) is 0 Å². The Labute approximate surface area is 90.6 Å². The Morgan fingerprint density at radius 3 is 2.73 bits per heavy atom. The van der Waals surface area contributed by atoms with Crippen LogP contribution in [0.4, 0.5) is 4.79 Å². The maximum Gasteiger partial charge on any atom is 0.404 e. The van der Waals surface area contributed by atoms with E-state index in [4.69, 9.17) is 11.0 Å². The summed E-state index contributed by atoms with van der Waals surface area (Å²) in [6.07, 6.45) is 1.03. The fourth-order valence-electron chi connectivity index (χ4n) is 1.06. The zero-order chi connectivity index (χ0) is 11.7. The zero-order valence-electron chi connectivity index (χ0n) is 9.38. The summed E-state index contributed by atoms with van der Waals surface area (Å²) in [5, 5.41) is 11.8. The number of rotatable bonds is 7. The van der Waals surface area contributed by atoms with Gasteiger partial charge in [-0.15, -0.1) is 0 Å². The maximum atomic E-state index is 10.2. The zero-order valence-corrected chi connectivity index (χ0v) is 9.38. The molecule has 0 atom stereocenters. The van der Waals surface area contributed by atoms with Crippen molar-refractivity contribution in [2.75, 3.05) is 19.7 Å². The Hall–Kier alpha value is -1.28. The third-order valence-electron chi connectivity index (χ3n) is 1.98. The van der Waals surface area contributed by atoms with E-state index in [0.29, 0.717) is 6.54 Å². The summed E-state index contributed by atoms with van der Waals surface area (Å²) >= 11 is 0. The Balaban J connectivity index is 3.26. The first-order chi connectivity index (χ1) is 6.98. The average molecular weight is 213 g/mol. The van der Waals surface area contributed by atoms with Gasteiger partial charge >= 0.3 is 6.09 Å². The number of nitriles is 1. The summed E-state index contributed by atoms with van der Waals surface area (Å²) in [6, 6.07) is 2.24. The van der Waals surface area contributed by atoms with Crippen LogP contribution in [0.25, 0.3) is 0 Å². The van der Waals surface area contributed by atoms with Crippen molar-refractivity contribution in [2.45, 2.75) is 26.7 Å². The van der Waals surface area contributed by atoms with Gasteiger partial charge in [-0.2, -0.15) is 5.26 Å². The number of ether oxygens (including phenoxy) is 1. The summed E-state index contributed by atoms with van der Waals surface area (Å²) in [7, 11) is 0. The van der Waals surface area contributed by atoms with Gasteiger partial charge in [0.25, 0.3) is 0 Å². The van der Waals surface area contributed by atoms with Gasteiger partial charge in [0.15, 0.2) is 0 Å². The Kier molecular flexibility index (Phi) is 6.47. The molecule has 0 unspecified atom stereocenters. The van der Waals surface area contributed by atoms with Gasteiger partial charge in [-0.3, -0.25) is 0 Å². The molecule has 0 saturated carbocycles. The monoisotopic (exact) mass is 213 g/mol. The van der Waals surface area contributed by atoms with Crippen LogP contribution in [0, 0.1) is 16.7 Å². The third-order valence-corrected chi connectivity index (χ3v) is 1.98. The molecule has 0 spiro atoms. The molecule has 0 rings (SSSR count). The molecule has 5 heteroatoms. The van der Waals surface area contributed by atoms with Crippen molar-refractivity contribution in [1.29, 1.82) is 5.26 Å². The van der Waals surface area contributed by atoms with Crippen LogP contribution in [0.15, 0.2) is 0 Å². The molecule has 0 aliphatic heterocycles. The normalized spacial score (nSPS) is 10.7. The number of primary amides is 1. The van der Waals surface area contributed by atoms with E-state index in [9.17, 15) is 4.79 Å². The SMILES string of the molecule is CC(C)(C#N)CCCNCCOC(N)=O. The first kappa shape index (κ1) is 13.7. The molecule has 0 saturated heterocycles. The second kappa shape index (κ2) is 7.07. The summed E-state index contributed by atoms with van der Waals surface area (Å²) in [4.78, 5) is 10.2. The molecule has 3 N–H and O–H groups in total. The number of amides is 1. The van der Waals surface area contributed by atoms with Crippen LogP contribution >= 0.6 is 0 Å². The lowest BCUT2D eigenvalue weighted by Crippen LogP contribution is -2.25. The van der Waals surface area contributed by atoms with Gasteiger partial charge in [0.2, 0.25) is 0 Å². The van der Waals surface area contributed by atoms with Crippen LogP contribution in [-0.2, 0) is 4.74 Å². The fraction of sp³-hybridized carbons (Fsp3) is 0.800. The van der Waals surface area contributed by atoms with Crippen LogP contribution in [0.3, 0.4) is 0 Å². The van der Waals surface area contributed by atoms with Gasteiger partial charge in [-0.25, -0.2) is 4.79 Å². The summed E-state index contributed by atoms with van der Waals surface area (Å²) in [5.74, 6) is 0. The van der Waals surface area contributed by atoms with Crippen LogP contribution < -0.4 is 11.1 Å². The molecule has 0 aromatic carbocycles. The van der Waals surface area contributed by atoms with E-state index in [1.165, 1.54) is 0 Å². The molecule has 15 heavy (non-hydrogen) atoms. The minimum atomic E-state index is -0.748. The minimum absolute atomic E-state index is 0.259. The number of hydrogen-bond acceptors (Lipinski definition) is 4. The quantitative estimate of drug-likeness (QED) is 0.617. The average Bonchev–Trinajstić information content (AvgIpc) is 2.16. The summed E-state index contributed by atoms with van der Waals surface area (Å²) in [6.45, 7) is 5.53. The predicted molar refractivity (Wildman–Crippen MR) is 57.0 cm³/mol. The molecule has 0 aliphatic carbocycles. The molecule has 5 nitrogen and oxygen atoms in total. The first-order valence-corrected chi connectivity index (χ1v) is 5.02. The van der Waals surface area contributed by atoms with Crippen molar-refractivity contribution in [1.82, 2.24) is 5.32 Å². The molecule has 0 aliphatic rings. The van der Waals surface area contributed by atoms with Crippen molar-refractivity contribution in [3.05, 3.63) is 0 Å². The molecular weight excluding hydrogens is 194 g/mol. The number of carbonyl (C=O) groups excluding carboxylic acids is 1. The van der Waals surface area contributed by atoms with E-state index < -0.39 is 6.09 Å². The highest BCUT2D eigenvalue weighted by Crippen LogP contribution is 2.19. The van der Waals surface area contributed by atoms with Crippen LogP contribution in [-0.4, -0.2) is 25.8 Å². The van der Waals surface area contributed by atoms with Gasteiger partial charge in [0, 0.05) is 6.54 Å². The number of hydrogen-bond donors (Lipinski definition) is 2. The number of nitrogens with zero attached hydrogens (tertiary/aromatic N) is 1. The van der Waals surface area contributed by atoms with Crippen molar-refractivity contribution in [3.8, 4) is 6.07 Å². The van der Waals surface area contributed by atoms with Gasteiger partial charge in [0.1, 0.15) is 6.61 Å². The molecule has 1 amide bonds. The molecular formula is C10H19N3O2. The van der Waals surface area contributed by atoms with E-state index in [-0.39, 0.29) is 12.0 Å². The van der Waals surface area contributed by atoms with Gasteiger partial charge in [-0.05, 0) is 33.2 Å². The van der Waals surface area contributed by atoms with Crippen molar-refractivity contribution >= 4 is 6.09 Å². The minimum Gasteiger partial charge on any atom is -0.448 e.